The third-order valence-corrected chi connectivity index (χ3v) is 3.15. The zero-order valence-corrected chi connectivity index (χ0v) is 11.8. The van der Waals surface area contributed by atoms with E-state index in [0.717, 1.165) is 5.56 Å². The molecule has 0 bridgehead atoms. The standard InChI is InChI=1S/C15H13BrO3/c16-9-14(18)12-6-7-13(17)15(8-12)19-10-11-4-2-1-3-5-11/h1-8,17H,9-10H2. The average Bonchev–Trinajstić information content (AvgIpc) is 2.46. The van der Waals surface area contributed by atoms with Crippen molar-refractivity contribution in [3.8, 4) is 11.5 Å². The Kier molecular flexibility index (Phi) is 4.58. The maximum Gasteiger partial charge on any atom is 0.173 e. The van der Waals surface area contributed by atoms with Gasteiger partial charge in [-0.1, -0.05) is 46.3 Å². The van der Waals surface area contributed by atoms with Crippen LogP contribution in [0.3, 0.4) is 0 Å². The largest absolute Gasteiger partial charge is 0.504 e. The van der Waals surface area contributed by atoms with Gasteiger partial charge in [-0.15, -0.1) is 0 Å². The van der Waals surface area contributed by atoms with Crippen molar-refractivity contribution in [1.29, 1.82) is 0 Å². The summed E-state index contributed by atoms with van der Waals surface area (Å²) in [7, 11) is 0. The molecule has 0 amide bonds. The number of hydrogen-bond acceptors (Lipinski definition) is 3. The zero-order chi connectivity index (χ0) is 13.7. The van der Waals surface area contributed by atoms with Crippen molar-refractivity contribution < 1.29 is 14.6 Å². The molecule has 19 heavy (non-hydrogen) atoms. The first kappa shape index (κ1) is 13.6. The second kappa shape index (κ2) is 6.38. The smallest absolute Gasteiger partial charge is 0.173 e. The molecule has 98 valence electrons. The summed E-state index contributed by atoms with van der Waals surface area (Å²) in [6, 6.07) is 14.2. The highest BCUT2D eigenvalue weighted by Crippen LogP contribution is 2.28. The van der Waals surface area contributed by atoms with Crippen LogP contribution < -0.4 is 4.74 Å². The number of benzene rings is 2. The fourth-order valence-electron chi connectivity index (χ4n) is 1.62. The highest BCUT2D eigenvalue weighted by Gasteiger charge is 2.09. The number of alkyl halides is 1. The van der Waals surface area contributed by atoms with Gasteiger partial charge in [0.1, 0.15) is 6.61 Å². The topological polar surface area (TPSA) is 46.5 Å². The first-order chi connectivity index (χ1) is 9.20. The van der Waals surface area contributed by atoms with E-state index in [-0.39, 0.29) is 16.9 Å². The maximum atomic E-state index is 11.6. The van der Waals surface area contributed by atoms with E-state index in [9.17, 15) is 9.90 Å². The van der Waals surface area contributed by atoms with Crippen molar-refractivity contribution in [2.24, 2.45) is 0 Å². The summed E-state index contributed by atoms with van der Waals surface area (Å²) in [5.41, 5.74) is 1.51. The minimum Gasteiger partial charge on any atom is -0.504 e. The normalized spacial score (nSPS) is 10.2. The fourth-order valence-corrected chi connectivity index (χ4v) is 1.94. The van der Waals surface area contributed by atoms with Gasteiger partial charge >= 0.3 is 0 Å². The highest BCUT2D eigenvalue weighted by molar-refractivity contribution is 9.09. The van der Waals surface area contributed by atoms with Crippen molar-refractivity contribution in [1.82, 2.24) is 0 Å². The number of carbonyl (C=O) groups excluding carboxylic acids is 1. The molecule has 0 unspecified atom stereocenters. The van der Waals surface area contributed by atoms with Crippen LogP contribution in [-0.4, -0.2) is 16.2 Å². The molecule has 0 radical (unpaired) electrons. The molecule has 0 spiro atoms. The van der Waals surface area contributed by atoms with Crippen LogP contribution in [0, 0.1) is 0 Å². The predicted octanol–water partition coefficient (Wildman–Crippen LogP) is 3.55. The number of halogens is 1. The Morgan fingerprint density at radius 1 is 1.16 bits per heavy atom. The lowest BCUT2D eigenvalue weighted by Gasteiger charge is -2.09. The highest BCUT2D eigenvalue weighted by atomic mass is 79.9. The minimum atomic E-state index is -0.0513. The number of phenolic OH excluding ortho intramolecular Hbond substituents is 1. The van der Waals surface area contributed by atoms with Gasteiger partial charge in [-0.3, -0.25) is 4.79 Å². The Labute approximate surface area is 120 Å². The summed E-state index contributed by atoms with van der Waals surface area (Å²) in [5.74, 6) is 0.294. The van der Waals surface area contributed by atoms with Gasteiger partial charge in [-0.25, -0.2) is 0 Å². The molecular formula is C15H13BrO3. The van der Waals surface area contributed by atoms with E-state index in [1.807, 2.05) is 30.3 Å². The molecule has 2 aromatic carbocycles. The van der Waals surface area contributed by atoms with Crippen molar-refractivity contribution in [3.63, 3.8) is 0 Å². The van der Waals surface area contributed by atoms with Crippen molar-refractivity contribution in [2.75, 3.05) is 5.33 Å². The van der Waals surface area contributed by atoms with Crippen LogP contribution >= 0.6 is 15.9 Å². The van der Waals surface area contributed by atoms with Gasteiger partial charge in [-0.2, -0.15) is 0 Å². The van der Waals surface area contributed by atoms with Crippen LogP contribution in [0.2, 0.25) is 0 Å². The molecule has 0 saturated heterocycles. The molecule has 2 aromatic rings. The molecule has 0 atom stereocenters. The summed E-state index contributed by atoms with van der Waals surface area (Å²) in [6.45, 7) is 0.348. The predicted molar refractivity (Wildman–Crippen MR) is 77.0 cm³/mol. The van der Waals surface area contributed by atoms with Crippen molar-refractivity contribution >= 4 is 21.7 Å². The average molecular weight is 321 g/mol. The van der Waals surface area contributed by atoms with E-state index < -0.39 is 0 Å². The molecule has 4 heteroatoms. The number of aromatic hydroxyl groups is 1. The number of ketones is 1. The van der Waals surface area contributed by atoms with E-state index in [1.165, 1.54) is 6.07 Å². The van der Waals surface area contributed by atoms with Gasteiger partial charge in [-0.05, 0) is 23.8 Å². The van der Waals surface area contributed by atoms with E-state index in [4.69, 9.17) is 4.74 Å². The molecule has 0 aromatic heterocycles. The lowest BCUT2D eigenvalue weighted by atomic mass is 10.1. The third kappa shape index (κ3) is 3.58. The first-order valence-corrected chi connectivity index (χ1v) is 6.92. The molecular weight excluding hydrogens is 308 g/mol. The van der Waals surface area contributed by atoms with Gasteiger partial charge in [0.25, 0.3) is 0 Å². The van der Waals surface area contributed by atoms with Crippen LogP contribution in [0.15, 0.2) is 48.5 Å². The summed E-state index contributed by atoms with van der Waals surface area (Å²) in [5, 5.41) is 9.97. The van der Waals surface area contributed by atoms with Crippen LogP contribution in [0.4, 0.5) is 0 Å². The lowest BCUT2D eigenvalue weighted by Crippen LogP contribution is -2.01. The number of rotatable bonds is 5. The fraction of sp³-hybridized carbons (Fsp3) is 0.133. The number of ether oxygens (including phenoxy) is 1. The summed E-state index contributed by atoms with van der Waals surface area (Å²) < 4.78 is 5.54. The van der Waals surface area contributed by atoms with E-state index in [2.05, 4.69) is 15.9 Å². The van der Waals surface area contributed by atoms with Crippen LogP contribution in [0.25, 0.3) is 0 Å². The van der Waals surface area contributed by atoms with E-state index >= 15 is 0 Å². The van der Waals surface area contributed by atoms with Gasteiger partial charge < -0.3 is 9.84 Å². The van der Waals surface area contributed by atoms with Crippen LogP contribution in [0.5, 0.6) is 11.5 Å². The van der Waals surface area contributed by atoms with Crippen molar-refractivity contribution in [2.45, 2.75) is 6.61 Å². The zero-order valence-electron chi connectivity index (χ0n) is 10.2. The minimum absolute atomic E-state index is 0.0297. The summed E-state index contributed by atoms with van der Waals surface area (Å²) in [4.78, 5) is 11.6. The molecule has 0 aliphatic rings. The monoisotopic (exact) mass is 320 g/mol. The molecule has 0 heterocycles. The Bertz CT molecular complexity index is 567. The Morgan fingerprint density at radius 2 is 1.89 bits per heavy atom. The second-order valence-electron chi connectivity index (χ2n) is 4.01. The van der Waals surface area contributed by atoms with Gasteiger partial charge in [0, 0.05) is 5.56 Å². The van der Waals surface area contributed by atoms with Gasteiger partial charge in [0.15, 0.2) is 17.3 Å². The molecule has 0 aliphatic heterocycles. The quantitative estimate of drug-likeness (QED) is 0.677. The summed E-state index contributed by atoms with van der Waals surface area (Å²) in [6.07, 6.45) is 0. The molecule has 2 rings (SSSR count). The van der Waals surface area contributed by atoms with E-state index in [1.54, 1.807) is 12.1 Å². The second-order valence-corrected chi connectivity index (χ2v) is 4.57. The first-order valence-electron chi connectivity index (χ1n) is 5.79. The summed E-state index contributed by atoms with van der Waals surface area (Å²) >= 11 is 3.12. The molecule has 0 aliphatic carbocycles. The Hall–Kier alpha value is -1.81. The molecule has 0 saturated carbocycles. The number of hydrogen-bond donors (Lipinski definition) is 1. The molecule has 0 fully saturated rings. The maximum absolute atomic E-state index is 11.6. The Balaban J connectivity index is 2.13. The Morgan fingerprint density at radius 3 is 2.58 bits per heavy atom. The third-order valence-electron chi connectivity index (χ3n) is 2.64. The van der Waals surface area contributed by atoms with E-state index in [0.29, 0.717) is 17.9 Å². The van der Waals surface area contributed by atoms with Gasteiger partial charge in [0.05, 0.1) is 5.33 Å². The SMILES string of the molecule is O=C(CBr)c1ccc(O)c(OCc2ccccc2)c1. The molecule has 3 nitrogen and oxygen atoms in total. The number of Topliss-reactive ketones (excluding diaryl/α,β-unsaturated/α-hetero) is 1. The van der Waals surface area contributed by atoms with Crippen molar-refractivity contribution in [3.05, 3.63) is 59.7 Å². The number of carbonyl (C=O) groups is 1. The molecule has 1 N–H and O–H groups in total. The van der Waals surface area contributed by atoms with Gasteiger partial charge in [0.2, 0.25) is 0 Å². The number of phenols is 1. The lowest BCUT2D eigenvalue weighted by molar-refractivity contribution is 0.102. The van der Waals surface area contributed by atoms with Crippen LogP contribution in [0.1, 0.15) is 15.9 Å². The van der Waals surface area contributed by atoms with Crippen LogP contribution in [-0.2, 0) is 6.61 Å².